The van der Waals surface area contributed by atoms with E-state index in [2.05, 4.69) is 25.5 Å². The first-order valence-electron chi connectivity index (χ1n) is 11.1. The Labute approximate surface area is 221 Å². The molecule has 0 aliphatic heterocycles. The predicted molar refractivity (Wildman–Crippen MR) is 145 cm³/mol. The number of anilines is 1. The number of thiazole rings is 1. The van der Waals surface area contributed by atoms with Crippen LogP contribution in [-0.2, 0) is 5.75 Å². The van der Waals surface area contributed by atoms with Crippen LogP contribution in [0.15, 0.2) is 77.5 Å². The molecule has 0 spiro atoms. The maximum Gasteiger partial charge on any atom is 0.275 e. The lowest BCUT2D eigenvalue weighted by molar-refractivity contribution is 0.102. The van der Waals surface area contributed by atoms with Crippen molar-refractivity contribution in [2.45, 2.75) is 24.8 Å². The molecule has 3 heterocycles. The molecular formula is C26H21ClN6OS2. The van der Waals surface area contributed by atoms with Crippen LogP contribution in [0.25, 0.3) is 17.1 Å². The number of benzene rings is 2. The topological polar surface area (TPSA) is 85.6 Å². The van der Waals surface area contributed by atoms with Gasteiger partial charge in [-0.25, -0.2) is 4.98 Å². The quantitative estimate of drug-likeness (QED) is 0.238. The number of halogens is 1. The number of hydrogen-bond acceptors (Lipinski definition) is 7. The lowest BCUT2D eigenvalue weighted by Gasteiger charge is -2.11. The smallest absolute Gasteiger partial charge is 0.275 e. The third-order valence-corrected chi connectivity index (χ3v) is 7.83. The SMILES string of the molecule is Cc1ccc(NC(=O)c2csc(CSc3nnc(-c4ccncc4)n3-c3ccccc3Cl)n2)cc1C. The van der Waals surface area contributed by atoms with E-state index in [1.165, 1.54) is 28.7 Å². The highest BCUT2D eigenvalue weighted by molar-refractivity contribution is 7.98. The Hall–Kier alpha value is -3.53. The molecule has 10 heteroatoms. The summed E-state index contributed by atoms with van der Waals surface area (Å²) in [5.74, 6) is 0.964. The van der Waals surface area contributed by atoms with E-state index < -0.39 is 0 Å². The molecule has 0 radical (unpaired) electrons. The lowest BCUT2D eigenvalue weighted by atomic mass is 10.1. The molecule has 180 valence electrons. The van der Waals surface area contributed by atoms with Crippen molar-refractivity contribution in [2.75, 3.05) is 5.32 Å². The molecule has 5 aromatic rings. The number of pyridine rings is 1. The van der Waals surface area contributed by atoms with Crippen LogP contribution in [-0.4, -0.2) is 30.6 Å². The van der Waals surface area contributed by atoms with Crippen molar-refractivity contribution in [1.29, 1.82) is 0 Å². The van der Waals surface area contributed by atoms with Crippen molar-refractivity contribution in [3.63, 3.8) is 0 Å². The molecule has 0 saturated carbocycles. The number of thioether (sulfide) groups is 1. The second-order valence-corrected chi connectivity index (χ2v) is 10.3. The van der Waals surface area contributed by atoms with Gasteiger partial charge in [-0.2, -0.15) is 0 Å². The average molecular weight is 533 g/mol. The van der Waals surface area contributed by atoms with Crippen LogP contribution >= 0.6 is 34.7 Å². The van der Waals surface area contributed by atoms with Crippen molar-refractivity contribution in [2.24, 2.45) is 0 Å². The number of carbonyl (C=O) groups is 1. The van der Waals surface area contributed by atoms with Gasteiger partial charge < -0.3 is 5.32 Å². The highest BCUT2D eigenvalue weighted by Gasteiger charge is 2.19. The van der Waals surface area contributed by atoms with E-state index in [9.17, 15) is 4.79 Å². The Kier molecular flexibility index (Phi) is 7.13. The van der Waals surface area contributed by atoms with Crippen molar-refractivity contribution in [3.8, 4) is 17.1 Å². The summed E-state index contributed by atoms with van der Waals surface area (Å²) in [5, 5.41) is 15.6. The highest BCUT2D eigenvalue weighted by Crippen LogP contribution is 2.33. The monoisotopic (exact) mass is 532 g/mol. The van der Waals surface area contributed by atoms with E-state index in [1.54, 1.807) is 17.8 Å². The fraction of sp³-hybridized carbons (Fsp3) is 0.115. The summed E-state index contributed by atoms with van der Waals surface area (Å²) >= 11 is 9.45. The Morgan fingerprint density at radius 2 is 1.86 bits per heavy atom. The minimum absolute atomic E-state index is 0.232. The normalized spacial score (nSPS) is 11.0. The summed E-state index contributed by atoms with van der Waals surface area (Å²) < 4.78 is 1.93. The fourth-order valence-electron chi connectivity index (χ4n) is 3.52. The molecule has 7 nitrogen and oxygen atoms in total. The van der Waals surface area contributed by atoms with Gasteiger partial charge >= 0.3 is 0 Å². The summed E-state index contributed by atoms with van der Waals surface area (Å²) in [5.41, 5.74) is 5.10. The molecule has 0 aliphatic carbocycles. The molecule has 2 aromatic carbocycles. The first kappa shape index (κ1) is 24.2. The molecule has 0 aliphatic rings. The summed E-state index contributed by atoms with van der Waals surface area (Å²) in [4.78, 5) is 21.4. The van der Waals surface area contributed by atoms with Gasteiger partial charge in [0.2, 0.25) is 0 Å². The maximum absolute atomic E-state index is 12.7. The van der Waals surface area contributed by atoms with Gasteiger partial charge in [0.05, 0.1) is 16.5 Å². The van der Waals surface area contributed by atoms with Crippen molar-refractivity contribution in [3.05, 3.63) is 99.2 Å². The highest BCUT2D eigenvalue weighted by atomic mass is 35.5. The van der Waals surface area contributed by atoms with Gasteiger partial charge in [0, 0.05) is 29.0 Å². The first-order valence-corrected chi connectivity index (χ1v) is 13.3. The van der Waals surface area contributed by atoms with E-state index in [4.69, 9.17) is 11.6 Å². The molecule has 1 N–H and O–H groups in total. The van der Waals surface area contributed by atoms with E-state index in [-0.39, 0.29) is 5.91 Å². The standard InChI is InChI=1S/C26H21ClN6OS2/c1-16-7-8-19(13-17(16)2)29-25(34)21-14-35-23(30-21)15-36-26-32-31-24(18-9-11-28-12-10-18)33(26)22-6-4-3-5-20(22)27/h3-14H,15H2,1-2H3,(H,29,34). The van der Waals surface area contributed by atoms with Crippen molar-refractivity contribution < 1.29 is 4.79 Å². The summed E-state index contributed by atoms with van der Waals surface area (Å²) in [6, 6.07) is 17.2. The number of aryl methyl sites for hydroxylation is 2. The van der Waals surface area contributed by atoms with Crippen LogP contribution < -0.4 is 5.32 Å². The van der Waals surface area contributed by atoms with E-state index in [1.807, 2.05) is 73.0 Å². The number of aromatic nitrogens is 5. The van der Waals surface area contributed by atoms with Crippen LogP contribution in [0.1, 0.15) is 26.6 Å². The Bertz CT molecular complexity index is 1530. The van der Waals surface area contributed by atoms with Crippen LogP contribution in [0.4, 0.5) is 5.69 Å². The fourth-order valence-corrected chi connectivity index (χ4v) is 5.48. The predicted octanol–water partition coefficient (Wildman–Crippen LogP) is 6.60. The molecule has 0 saturated heterocycles. The third kappa shape index (κ3) is 5.18. The Morgan fingerprint density at radius 1 is 1.06 bits per heavy atom. The Balaban J connectivity index is 1.36. The van der Waals surface area contributed by atoms with Gasteiger partial charge in [0.15, 0.2) is 11.0 Å². The van der Waals surface area contributed by atoms with E-state index >= 15 is 0 Å². The minimum Gasteiger partial charge on any atom is -0.321 e. The zero-order chi connectivity index (χ0) is 25.1. The first-order chi connectivity index (χ1) is 17.5. The molecule has 0 fully saturated rings. The summed E-state index contributed by atoms with van der Waals surface area (Å²) in [6.07, 6.45) is 3.43. The van der Waals surface area contributed by atoms with Crippen LogP contribution in [0.3, 0.4) is 0 Å². The molecule has 36 heavy (non-hydrogen) atoms. The number of amides is 1. The molecular weight excluding hydrogens is 512 g/mol. The number of hydrogen-bond donors (Lipinski definition) is 1. The number of nitrogens with zero attached hydrogens (tertiary/aromatic N) is 5. The number of nitrogens with one attached hydrogen (secondary N) is 1. The largest absolute Gasteiger partial charge is 0.321 e. The number of rotatable bonds is 7. The van der Waals surface area contributed by atoms with E-state index in [0.29, 0.717) is 27.5 Å². The summed E-state index contributed by atoms with van der Waals surface area (Å²) in [7, 11) is 0. The molecule has 0 unspecified atom stereocenters. The van der Waals surface area contributed by atoms with Gasteiger partial charge in [0.1, 0.15) is 10.7 Å². The zero-order valence-electron chi connectivity index (χ0n) is 19.5. The molecule has 0 atom stereocenters. The molecule has 5 rings (SSSR count). The van der Waals surface area contributed by atoms with Crippen LogP contribution in [0.2, 0.25) is 5.02 Å². The average Bonchev–Trinajstić information content (AvgIpc) is 3.53. The minimum atomic E-state index is -0.232. The van der Waals surface area contributed by atoms with Gasteiger partial charge in [0.25, 0.3) is 5.91 Å². The van der Waals surface area contributed by atoms with Gasteiger partial charge in [-0.1, -0.05) is 41.6 Å². The number of carbonyl (C=O) groups excluding carboxylic acids is 1. The van der Waals surface area contributed by atoms with Crippen LogP contribution in [0.5, 0.6) is 0 Å². The molecule has 0 bridgehead atoms. The second-order valence-electron chi connectivity index (χ2n) is 8.00. The van der Waals surface area contributed by atoms with Crippen LogP contribution in [0, 0.1) is 13.8 Å². The third-order valence-electron chi connectivity index (χ3n) is 5.54. The van der Waals surface area contributed by atoms with Crippen molar-refractivity contribution >= 4 is 46.3 Å². The summed E-state index contributed by atoms with van der Waals surface area (Å²) in [6.45, 7) is 4.06. The second kappa shape index (κ2) is 10.6. The maximum atomic E-state index is 12.7. The Morgan fingerprint density at radius 3 is 2.64 bits per heavy atom. The molecule has 1 amide bonds. The van der Waals surface area contributed by atoms with Gasteiger partial charge in [-0.05, 0) is 61.4 Å². The van der Waals surface area contributed by atoms with Gasteiger partial charge in [-0.3, -0.25) is 14.3 Å². The molecule has 3 aromatic heterocycles. The zero-order valence-corrected chi connectivity index (χ0v) is 21.9. The lowest BCUT2D eigenvalue weighted by Crippen LogP contribution is -2.12. The van der Waals surface area contributed by atoms with E-state index in [0.717, 1.165) is 27.5 Å². The number of para-hydroxylation sites is 1. The van der Waals surface area contributed by atoms with Crippen molar-refractivity contribution in [1.82, 2.24) is 24.7 Å². The van der Waals surface area contributed by atoms with Gasteiger partial charge in [-0.15, -0.1) is 21.5 Å².